The maximum atomic E-state index is 6.20. The molecule has 0 aromatic heterocycles. The summed E-state index contributed by atoms with van der Waals surface area (Å²) < 4.78 is 6.20. The average molecular weight is 303 g/mol. The van der Waals surface area contributed by atoms with E-state index in [1.807, 2.05) is 0 Å². The van der Waals surface area contributed by atoms with Crippen LogP contribution in [0.4, 0.5) is 5.69 Å². The highest BCUT2D eigenvalue weighted by Gasteiger charge is 2.38. The van der Waals surface area contributed by atoms with Crippen LogP contribution in [0, 0.1) is 0 Å². The number of rotatable bonds is 2. The minimum absolute atomic E-state index is 0.178. The number of anilines is 1. The van der Waals surface area contributed by atoms with Gasteiger partial charge in [-0.25, -0.2) is 0 Å². The van der Waals surface area contributed by atoms with Gasteiger partial charge in [0.25, 0.3) is 0 Å². The SMILES string of the molecule is c1cc2c(cc1NC1CCOC3(CCSCC3)C1)CCC2. The normalized spacial score (nSPS) is 27.5. The summed E-state index contributed by atoms with van der Waals surface area (Å²) in [7, 11) is 0. The van der Waals surface area contributed by atoms with E-state index in [4.69, 9.17) is 4.74 Å². The molecule has 0 saturated carbocycles. The molecule has 3 heteroatoms. The summed E-state index contributed by atoms with van der Waals surface area (Å²) >= 11 is 2.08. The average Bonchev–Trinajstić information content (AvgIpc) is 2.96. The second kappa shape index (κ2) is 5.85. The lowest BCUT2D eigenvalue weighted by Gasteiger charge is -2.43. The zero-order valence-corrected chi connectivity index (χ0v) is 13.5. The summed E-state index contributed by atoms with van der Waals surface area (Å²) in [5.74, 6) is 2.54. The molecule has 0 bridgehead atoms. The third-order valence-electron chi connectivity index (χ3n) is 5.37. The lowest BCUT2D eigenvalue weighted by molar-refractivity contribution is -0.0865. The molecular weight excluding hydrogens is 278 g/mol. The first-order valence-corrected chi connectivity index (χ1v) is 9.59. The Labute approximate surface area is 132 Å². The third kappa shape index (κ3) is 2.95. The molecule has 1 spiro atoms. The molecule has 114 valence electrons. The molecule has 2 heterocycles. The number of hydrogen-bond acceptors (Lipinski definition) is 3. The van der Waals surface area contributed by atoms with Crippen molar-refractivity contribution in [2.75, 3.05) is 23.4 Å². The van der Waals surface area contributed by atoms with Gasteiger partial charge >= 0.3 is 0 Å². The van der Waals surface area contributed by atoms with Crippen molar-refractivity contribution in [2.24, 2.45) is 0 Å². The van der Waals surface area contributed by atoms with Gasteiger partial charge in [0.1, 0.15) is 0 Å². The van der Waals surface area contributed by atoms with E-state index < -0.39 is 0 Å². The van der Waals surface area contributed by atoms with Crippen LogP contribution in [0.2, 0.25) is 0 Å². The molecule has 4 rings (SSSR count). The zero-order valence-electron chi connectivity index (χ0n) is 12.7. The topological polar surface area (TPSA) is 21.3 Å². The Morgan fingerprint density at radius 2 is 2.00 bits per heavy atom. The minimum atomic E-state index is 0.178. The molecule has 0 radical (unpaired) electrons. The van der Waals surface area contributed by atoms with Crippen molar-refractivity contribution in [3.63, 3.8) is 0 Å². The molecule has 1 unspecified atom stereocenters. The lowest BCUT2D eigenvalue weighted by Crippen LogP contribution is -2.46. The van der Waals surface area contributed by atoms with Crippen molar-refractivity contribution in [1.29, 1.82) is 0 Å². The third-order valence-corrected chi connectivity index (χ3v) is 6.35. The highest BCUT2D eigenvalue weighted by atomic mass is 32.2. The maximum Gasteiger partial charge on any atom is 0.0717 e. The monoisotopic (exact) mass is 303 g/mol. The van der Waals surface area contributed by atoms with Crippen LogP contribution in [0.15, 0.2) is 18.2 Å². The van der Waals surface area contributed by atoms with Gasteiger partial charge in [-0.15, -0.1) is 0 Å². The summed E-state index contributed by atoms with van der Waals surface area (Å²) in [5, 5.41) is 3.80. The first-order valence-electron chi connectivity index (χ1n) is 8.43. The van der Waals surface area contributed by atoms with Gasteiger partial charge in [0.05, 0.1) is 5.60 Å². The van der Waals surface area contributed by atoms with Crippen LogP contribution in [0.1, 0.15) is 43.2 Å². The molecule has 21 heavy (non-hydrogen) atoms. The summed E-state index contributed by atoms with van der Waals surface area (Å²) in [4.78, 5) is 0. The van der Waals surface area contributed by atoms with Crippen molar-refractivity contribution in [1.82, 2.24) is 0 Å². The predicted octanol–water partition coefficient (Wildman–Crippen LogP) is 4.03. The second-order valence-electron chi connectivity index (χ2n) is 6.81. The fraction of sp³-hybridized carbons (Fsp3) is 0.667. The number of benzene rings is 1. The van der Waals surface area contributed by atoms with Crippen molar-refractivity contribution in [3.8, 4) is 0 Å². The van der Waals surface area contributed by atoms with Crippen LogP contribution in [0.25, 0.3) is 0 Å². The highest BCUT2D eigenvalue weighted by Crippen LogP contribution is 2.38. The van der Waals surface area contributed by atoms with Crippen molar-refractivity contribution in [2.45, 2.75) is 56.6 Å². The maximum absolute atomic E-state index is 6.20. The Morgan fingerprint density at radius 3 is 2.90 bits per heavy atom. The van der Waals surface area contributed by atoms with Gasteiger partial charge in [0, 0.05) is 18.3 Å². The molecule has 1 aliphatic carbocycles. The molecule has 1 N–H and O–H groups in total. The molecule has 3 aliphatic rings. The molecule has 2 fully saturated rings. The minimum Gasteiger partial charge on any atom is -0.382 e. The first-order chi connectivity index (χ1) is 10.3. The number of ether oxygens (including phenoxy) is 1. The molecule has 1 atom stereocenters. The molecule has 0 amide bonds. The van der Waals surface area contributed by atoms with Gasteiger partial charge < -0.3 is 10.1 Å². The molecular formula is C18H25NOS. The number of thioether (sulfide) groups is 1. The predicted molar refractivity (Wildman–Crippen MR) is 90.4 cm³/mol. The van der Waals surface area contributed by atoms with Gasteiger partial charge in [0.15, 0.2) is 0 Å². The Hall–Kier alpha value is -0.670. The zero-order chi connectivity index (χ0) is 14.1. The molecule has 2 saturated heterocycles. The van der Waals surface area contributed by atoms with Gasteiger partial charge in [-0.2, -0.15) is 11.8 Å². The Kier molecular flexibility index (Phi) is 3.89. The fourth-order valence-electron chi connectivity index (χ4n) is 4.14. The van der Waals surface area contributed by atoms with E-state index in [1.165, 1.54) is 55.7 Å². The van der Waals surface area contributed by atoms with Crippen molar-refractivity contribution < 1.29 is 4.74 Å². The van der Waals surface area contributed by atoms with E-state index in [9.17, 15) is 0 Å². The molecule has 2 aliphatic heterocycles. The van der Waals surface area contributed by atoms with Gasteiger partial charge in [-0.3, -0.25) is 0 Å². The number of nitrogens with one attached hydrogen (secondary N) is 1. The molecule has 1 aromatic rings. The summed E-state index contributed by atoms with van der Waals surface area (Å²) in [5.41, 5.74) is 4.63. The molecule has 2 nitrogen and oxygen atoms in total. The fourth-order valence-corrected chi connectivity index (χ4v) is 5.38. The van der Waals surface area contributed by atoms with E-state index in [0.717, 1.165) is 13.0 Å². The number of fused-ring (bicyclic) bond motifs is 1. The van der Waals surface area contributed by atoms with Gasteiger partial charge in [-0.05, 0) is 79.7 Å². The van der Waals surface area contributed by atoms with Gasteiger partial charge in [0.2, 0.25) is 0 Å². The second-order valence-corrected chi connectivity index (χ2v) is 8.04. The van der Waals surface area contributed by atoms with Gasteiger partial charge in [-0.1, -0.05) is 6.07 Å². The van der Waals surface area contributed by atoms with Crippen LogP contribution in [-0.4, -0.2) is 29.8 Å². The number of hydrogen-bond donors (Lipinski definition) is 1. The quantitative estimate of drug-likeness (QED) is 0.891. The van der Waals surface area contributed by atoms with E-state index in [2.05, 4.69) is 35.3 Å². The van der Waals surface area contributed by atoms with Crippen molar-refractivity contribution in [3.05, 3.63) is 29.3 Å². The summed E-state index contributed by atoms with van der Waals surface area (Å²) in [6.07, 6.45) is 8.67. The lowest BCUT2D eigenvalue weighted by atomic mass is 9.85. The van der Waals surface area contributed by atoms with E-state index in [0.29, 0.717) is 6.04 Å². The van der Waals surface area contributed by atoms with Crippen LogP contribution in [-0.2, 0) is 17.6 Å². The van der Waals surface area contributed by atoms with Crippen LogP contribution in [0.5, 0.6) is 0 Å². The van der Waals surface area contributed by atoms with E-state index in [1.54, 1.807) is 11.1 Å². The van der Waals surface area contributed by atoms with Crippen LogP contribution in [0.3, 0.4) is 0 Å². The number of aryl methyl sites for hydroxylation is 2. The van der Waals surface area contributed by atoms with E-state index in [-0.39, 0.29) is 5.60 Å². The highest BCUT2D eigenvalue weighted by molar-refractivity contribution is 7.99. The largest absolute Gasteiger partial charge is 0.382 e. The molecule has 1 aromatic carbocycles. The Morgan fingerprint density at radius 1 is 1.14 bits per heavy atom. The Balaban J connectivity index is 1.44. The summed E-state index contributed by atoms with van der Waals surface area (Å²) in [6.45, 7) is 0.924. The van der Waals surface area contributed by atoms with Crippen LogP contribution >= 0.6 is 11.8 Å². The smallest absolute Gasteiger partial charge is 0.0717 e. The van der Waals surface area contributed by atoms with Crippen LogP contribution < -0.4 is 5.32 Å². The first kappa shape index (κ1) is 14.0. The standard InChI is InChI=1S/C18H25NOS/c1-2-14-4-5-16(12-15(14)3-1)19-17-6-9-20-18(13-17)7-10-21-11-8-18/h4-5,12,17,19H,1-3,6-11,13H2. The van der Waals surface area contributed by atoms with Crippen molar-refractivity contribution >= 4 is 17.4 Å². The van der Waals surface area contributed by atoms with E-state index >= 15 is 0 Å². The summed E-state index contributed by atoms with van der Waals surface area (Å²) in [6, 6.07) is 7.59. The Bertz CT molecular complexity index is 504.